The van der Waals surface area contributed by atoms with Gasteiger partial charge in [-0.2, -0.15) is 0 Å². The largest absolute Gasteiger partial charge is 0.378 e. The molecule has 0 saturated carbocycles. The van der Waals surface area contributed by atoms with Crippen LogP contribution in [-0.2, 0) is 6.54 Å². The van der Waals surface area contributed by atoms with Crippen molar-refractivity contribution in [2.24, 2.45) is 0 Å². The Morgan fingerprint density at radius 3 is 2.88 bits per heavy atom. The molecule has 0 amide bonds. The highest BCUT2D eigenvalue weighted by molar-refractivity contribution is 9.10. The lowest BCUT2D eigenvalue weighted by Gasteiger charge is -2.06. The number of anilines is 1. The predicted octanol–water partition coefficient (Wildman–Crippen LogP) is 2.89. The molecule has 2 aromatic rings. The number of aromatic nitrogens is 2. The number of benzene rings is 1. The molecule has 0 saturated heterocycles. The Hall–Kier alpha value is -1.43. The summed E-state index contributed by atoms with van der Waals surface area (Å²) in [6.07, 6.45) is 0. The van der Waals surface area contributed by atoms with Crippen LogP contribution in [-0.4, -0.2) is 10.3 Å². The lowest BCUT2D eigenvalue weighted by Crippen LogP contribution is -2.02. The van der Waals surface area contributed by atoms with Crippen LogP contribution in [0.15, 0.2) is 27.3 Å². The maximum atomic E-state index is 12.8. The van der Waals surface area contributed by atoms with Crippen LogP contribution in [0.25, 0.3) is 0 Å². The van der Waals surface area contributed by atoms with Crippen LogP contribution in [0.2, 0.25) is 0 Å². The van der Waals surface area contributed by atoms with E-state index in [4.69, 9.17) is 0 Å². The molecular weight excluding hydrogens is 277 g/mol. The van der Waals surface area contributed by atoms with Crippen LogP contribution in [0, 0.1) is 12.7 Å². The first kappa shape index (κ1) is 11.1. The molecule has 0 atom stereocenters. The highest BCUT2D eigenvalue weighted by Gasteiger charge is 2.06. The smallest absolute Gasteiger partial charge is 0.127 e. The molecule has 0 fully saturated rings. The van der Waals surface area contributed by atoms with E-state index in [1.165, 1.54) is 12.1 Å². The lowest BCUT2D eigenvalue weighted by molar-refractivity contribution is 0.301. The van der Waals surface area contributed by atoms with Crippen LogP contribution in [0.1, 0.15) is 11.4 Å². The summed E-state index contributed by atoms with van der Waals surface area (Å²) < 4.78 is 18.1. The fraction of sp³-hybridized carbons (Fsp3) is 0.200. The molecule has 0 aliphatic heterocycles. The Morgan fingerprint density at radius 1 is 1.44 bits per heavy atom. The zero-order chi connectivity index (χ0) is 11.5. The summed E-state index contributed by atoms with van der Waals surface area (Å²) in [6, 6.07) is 4.44. The van der Waals surface area contributed by atoms with Gasteiger partial charge >= 0.3 is 0 Å². The van der Waals surface area contributed by atoms with Crippen molar-refractivity contribution in [2.75, 3.05) is 5.32 Å². The van der Waals surface area contributed by atoms with E-state index in [0.717, 1.165) is 17.1 Å². The van der Waals surface area contributed by atoms with Gasteiger partial charge in [0.1, 0.15) is 17.2 Å². The van der Waals surface area contributed by atoms with Gasteiger partial charge in [0, 0.05) is 10.2 Å². The molecule has 1 heterocycles. The molecule has 0 aliphatic carbocycles. The molecule has 1 N–H and O–H groups in total. The van der Waals surface area contributed by atoms with Gasteiger partial charge in [0.25, 0.3) is 0 Å². The minimum absolute atomic E-state index is 0.281. The molecule has 0 aliphatic rings. The van der Waals surface area contributed by atoms with Gasteiger partial charge in [0.15, 0.2) is 0 Å². The molecule has 0 radical (unpaired) electrons. The summed E-state index contributed by atoms with van der Waals surface area (Å²) in [6.45, 7) is 2.30. The summed E-state index contributed by atoms with van der Waals surface area (Å²) in [5, 5.41) is 10.5. The van der Waals surface area contributed by atoms with E-state index in [1.807, 2.05) is 6.92 Å². The Balaban J connectivity index is 2.08. The lowest BCUT2D eigenvalue weighted by atomic mass is 10.3. The third kappa shape index (κ3) is 2.38. The molecular formula is C10H9BrFN3O. The molecule has 1 aromatic heterocycles. The predicted molar refractivity (Wildman–Crippen MR) is 60.5 cm³/mol. The van der Waals surface area contributed by atoms with Crippen LogP contribution < -0.4 is 5.32 Å². The molecule has 16 heavy (non-hydrogen) atoms. The van der Waals surface area contributed by atoms with Crippen LogP contribution in [0.3, 0.4) is 0 Å². The van der Waals surface area contributed by atoms with E-state index in [2.05, 4.69) is 36.2 Å². The van der Waals surface area contributed by atoms with Crippen LogP contribution in [0.5, 0.6) is 0 Å². The summed E-state index contributed by atoms with van der Waals surface area (Å²) in [7, 11) is 0. The summed E-state index contributed by atoms with van der Waals surface area (Å²) in [5.41, 5.74) is 2.27. The number of halogens is 2. The average Bonchev–Trinajstić information content (AvgIpc) is 2.63. The first-order valence-electron chi connectivity index (χ1n) is 4.64. The normalized spacial score (nSPS) is 10.4. The van der Waals surface area contributed by atoms with Gasteiger partial charge in [-0.3, -0.25) is 0 Å². The highest BCUT2D eigenvalue weighted by atomic mass is 79.9. The van der Waals surface area contributed by atoms with E-state index in [1.54, 1.807) is 6.07 Å². The number of rotatable bonds is 3. The monoisotopic (exact) mass is 285 g/mol. The molecule has 0 spiro atoms. The standard InChI is InChI=1S/C10H9BrFN3O/c1-6-10(15-16-14-6)5-13-9-3-2-7(12)4-8(9)11/h2-4,13H,5H2,1H3. The number of aryl methyl sites for hydroxylation is 1. The zero-order valence-electron chi connectivity index (χ0n) is 8.50. The van der Waals surface area contributed by atoms with Crippen LogP contribution in [0.4, 0.5) is 10.1 Å². The molecule has 2 rings (SSSR count). The first-order chi connectivity index (χ1) is 7.66. The van der Waals surface area contributed by atoms with Crippen molar-refractivity contribution in [3.8, 4) is 0 Å². The van der Waals surface area contributed by atoms with Crippen molar-refractivity contribution in [1.82, 2.24) is 10.3 Å². The van der Waals surface area contributed by atoms with Crippen molar-refractivity contribution in [1.29, 1.82) is 0 Å². The summed E-state index contributed by atoms with van der Waals surface area (Å²) >= 11 is 3.27. The Labute approximate surface area is 99.9 Å². The second-order valence-electron chi connectivity index (χ2n) is 3.27. The Kier molecular flexibility index (Phi) is 3.19. The molecule has 6 heteroatoms. The summed E-state index contributed by atoms with van der Waals surface area (Å²) in [5.74, 6) is -0.281. The van der Waals surface area contributed by atoms with Crippen molar-refractivity contribution in [2.45, 2.75) is 13.5 Å². The maximum Gasteiger partial charge on any atom is 0.127 e. The van der Waals surface area contributed by atoms with Gasteiger partial charge in [0.2, 0.25) is 0 Å². The van der Waals surface area contributed by atoms with Gasteiger partial charge in [-0.05, 0) is 41.1 Å². The second-order valence-corrected chi connectivity index (χ2v) is 4.13. The Morgan fingerprint density at radius 2 is 2.25 bits per heavy atom. The minimum atomic E-state index is -0.281. The molecule has 4 nitrogen and oxygen atoms in total. The zero-order valence-corrected chi connectivity index (χ0v) is 10.1. The second kappa shape index (κ2) is 4.61. The number of nitrogens with one attached hydrogen (secondary N) is 1. The molecule has 0 unspecified atom stereocenters. The van der Waals surface area contributed by atoms with E-state index >= 15 is 0 Å². The molecule has 1 aromatic carbocycles. The van der Waals surface area contributed by atoms with Crippen molar-refractivity contribution in [3.63, 3.8) is 0 Å². The fourth-order valence-corrected chi connectivity index (χ4v) is 1.71. The van der Waals surface area contributed by atoms with Gasteiger partial charge in [-0.15, -0.1) is 0 Å². The molecule has 84 valence electrons. The minimum Gasteiger partial charge on any atom is -0.378 e. The third-order valence-corrected chi connectivity index (χ3v) is 2.78. The van der Waals surface area contributed by atoms with Crippen molar-refractivity contribution in [3.05, 3.63) is 39.9 Å². The van der Waals surface area contributed by atoms with Gasteiger partial charge in [-0.25, -0.2) is 9.02 Å². The van der Waals surface area contributed by atoms with E-state index in [9.17, 15) is 4.39 Å². The van der Waals surface area contributed by atoms with Crippen molar-refractivity contribution < 1.29 is 9.02 Å². The Bertz CT molecular complexity index is 501. The van der Waals surface area contributed by atoms with Crippen LogP contribution >= 0.6 is 15.9 Å². The maximum absolute atomic E-state index is 12.8. The third-order valence-electron chi connectivity index (χ3n) is 2.12. The van der Waals surface area contributed by atoms with E-state index in [0.29, 0.717) is 11.0 Å². The quantitative estimate of drug-likeness (QED) is 0.942. The van der Waals surface area contributed by atoms with Gasteiger partial charge in [-0.1, -0.05) is 10.3 Å². The first-order valence-corrected chi connectivity index (χ1v) is 5.43. The fourth-order valence-electron chi connectivity index (χ4n) is 1.22. The van der Waals surface area contributed by atoms with Crippen molar-refractivity contribution >= 4 is 21.6 Å². The van der Waals surface area contributed by atoms with Gasteiger partial charge < -0.3 is 5.32 Å². The van der Waals surface area contributed by atoms with Gasteiger partial charge in [0.05, 0.1) is 6.54 Å². The molecule has 0 bridgehead atoms. The SMILES string of the molecule is Cc1nonc1CNc1ccc(F)cc1Br. The topological polar surface area (TPSA) is 51.0 Å². The highest BCUT2D eigenvalue weighted by Crippen LogP contribution is 2.23. The number of hydrogen-bond donors (Lipinski definition) is 1. The van der Waals surface area contributed by atoms with E-state index in [-0.39, 0.29) is 5.82 Å². The number of hydrogen-bond acceptors (Lipinski definition) is 4. The number of nitrogens with zero attached hydrogens (tertiary/aromatic N) is 2. The average molecular weight is 286 g/mol. The summed E-state index contributed by atoms with van der Waals surface area (Å²) in [4.78, 5) is 0. The van der Waals surface area contributed by atoms with E-state index < -0.39 is 0 Å².